The lowest BCUT2D eigenvalue weighted by atomic mass is 10.2. The molecule has 0 unspecified atom stereocenters. The molecular weight excluding hydrogens is 243 g/mol. The highest BCUT2D eigenvalue weighted by Crippen LogP contribution is 2.01. The lowest BCUT2D eigenvalue weighted by molar-refractivity contribution is 0.739. The summed E-state index contributed by atoms with van der Waals surface area (Å²) in [5, 5.41) is 1.57. The molecule has 78 valence electrons. The zero-order chi connectivity index (χ0) is 11.1. The van der Waals surface area contributed by atoms with Crippen LogP contribution in [0.4, 0.5) is 4.39 Å². The molecule has 1 rings (SSSR count). The Morgan fingerprint density at radius 3 is 2.29 bits per heavy atom. The first-order valence-corrected chi connectivity index (χ1v) is 5.53. The normalized spacial score (nSPS) is 13.1. The molecule has 0 saturated heterocycles. The highest BCUT2D eigenvalue weighted by Gasteiger charge is 1.95. The summed E-state index contributed by atoms with van der Waals surface area (Å²) < 4.78 is 13.8. The Kier molecular flexibility index (Phi) is 6.46. The molecule has 1 aromatic rings. The van der Waals surface area contributed by atoms with Crippen molar-refractivity contribution < 1.29 is 4.39 Å². The fourth-order valence-electron chi connectivity index (χ4n) is 1.14. The van der Waals surface area contributed by atoms with Gasteiger partial charge in [0.05, 0.1) is 0 Å². The number of rotatable bonds is 0. The first-order chi connectivity index (χ1) is 6.66. The summed E-state index contributed by atoms with van der Waals surface area (Å²) in [6.07, 6.45) is 1.89. The van der Waals surface area contributed by atoms with Crippen molar-refractivity contribution in [2.45, 2.75) is 27.7 Å². The summed E-state index contributed by atoms with van der Waals surface area (Å²) in [4.78, 5) is 0. The van der Waals surface area contributed by atoms with Crippen LogP contribution in [-0.4, -0.2) is 0 Å². The van der Waals surface area contributed by atoms with E-state index in [2.05, 4.69) is 15.9 Å². The minimum Gasteiger partial charge on any atom is -0.211 e. The molecule has 1 aromatic carbocycles. The highest BCUT2D eigenvalue weighted by molar-refractivity contribution is 9.10. The van der Waals surface area contributed by atoms with Crippen molar-refractivity contribution in [1.29, 1.82) is 0 Å². The molecule has 0 aromatic heterocycles. The second-order valence-corrected chi connectivity index (χ2v) is 3.38. The highest BCUT2D eigenvalue weighted by atomic mass is 79.9. The van der Waals surface area contributed by atoms with Crippen molar-refractivity contribution >= 4 is 27.8 Å². The molecule has 0 nitrogen and oxygen atoms in total. The zero-order valence-electron chi connectivity index (χ0n) is 9.07. The molecular formula is C12H16BrF. The molecule has 0 N–H and O–H groups in total. The van der Waals surface area contributed by atoms with Crippen molar-refractivity contribution in [3.63, 3.8) is 0 Å². The van der Waals surface area contributed by atoms with Crippen LogP contribution in [0.5, 0.6) is 0 Å². The van der Waals surface area contributed by atoms with Crippen LogP contribution >= 0.6 is 15.9 Å². The Morgan fingerprint density at radius 2 is 1.93 bits per heavy atom. The fourth-order valence-corrected chi connectivity index (χ4v) is 1.80. The molecule has 0 aliphatic rings. The van der Waals surface area contributed by atoms with Crippen LogP contribution in [0.3, 0.4) is 0 Å². The summed E-state index contributed by atoms with van der Waals surface area (Å²) in [6, 6.07) is 5.63. The number of hydrogen-bond donors (Lipinski definition) is 0. The molecule has 0 aliphatic carbocycles. The van der Waals surface area contributed by atoms with E-state index in [-0.39, 0.29) is 5.83 Å². The van der Waals surface area contributed by atoms with Crippen LogP contribution in [0.15, 0.2) is 22.7 Å². The third-order valence-electron chi connectivity index (χ3n) is 1.70. The van der Waals surface area contributed by atoms with E-state index in [0.29, 0.717) is 5.22 Å². The Balaban J connectivity index is 0.000000791. The summed E-state index contributed by atoms with van der Waals surface area (Å²) in [6.45, 7) is 7.36. The quantitative estimate of drug-likeness (QED) is 0.670. The lowest BCUT2D eigenvalue weighted by Crippen LogP contribution is -2.26. The second kappa shape index (κ2) is 6.77. The van der Waals surface area contributed by atoms with Crippen molar-refractivity contribution in [3.8, 4) is 0 Å². The zero-order valence-corrected chi connectivity index (χ0v) is 10.7. The van der Waals surface area contributed by atoms with Gasteiger partial charge in [0.2, 0.25) is 0 Å². The molecule has 0 amide bonds. The Morgan fingerprint density at radius 1 is 1.36 bits per heavy atom. The molecule has 0 spiro atoms. The number of hydrogen-bond acceptors (Lipinski definition) is 0. The number of halogens is 2. The van der Waals surface area contributed by atoms with Crippen LogP contribution in [-0.2, 0) is 0 Å². The van der Waals surface area contributed by atoms with Crippen LogP contribution in [0.1, 0.15) is 27.7 Å². The SMILES string of the molecule is C/C=c1/cccc(Br)/c1=C(/C)F.CC. The second-order valence-electron chi connectivity index (χ2n) is 2.53. The van der Waals surface area contributed by atoms with E-state index in [4.69, 9.17) is 0 Å². The van der Waals surface area contributed by atoms with Crippen LogP contribution in [0.25, 0.3) is 11.9 Å². The minimum atomic E-state index is -0.157. The molecule has 2 heteroatoms. The van der Waals surface area contributed by atoms with Crippen LogP contribution in [0, 0.1) is 0 Å². The molecule has 0 radical (unpaired) electrons. The summed E-state index contributed by atoms with van der Waals surface area (Å²) >= 11 is 3.31. The average molecular weight is 259 g/mol. The van der Waals surface area contributed by atoms with Gasteiger partial charge in [0.15, 0.2) is 0 Å². The topological polar surface area (TPSA) is 0 Å². The van der Waals surface area contributed by atoms with E-state index < -0.39 is 0 Å². The Bertz CT molecular complexity index is 389. The predicted molar refractivity (Wildman–Crippen MR) is 65.1 cm³/mol. The first-order valence-electron chi connectivity index (χ1n) is 4.74. The number of benzene rings is 1. The van der Waals surface area contributed by atoms with Crippen molar-refractivity contribution in [3.05, 3.63) is 33.1 Å². The predicted octanol–water partition coefficient (Wildman–Crippen LogP) is 3.37. The van der Waals surface area contributed by atoms with Gasteiger partial charge >= 0.3 is 0 Å². The molecule has 14 heavy (non-hydrogen) atoms. The van der Waals surface area contributed by atoms with Gasteiger partial charge in [0.25, 0.3) is 0 Å². The monoisotopic (exact) mass is 258 g/mol. The van der Waals surface area contributed by atoms with Crippen molar-refractivity contribution in [2.75, 3.05) is 0 Å². The van der Waals surface area contributed by atoms with Crippen molar-refractivity contribution in [1.82, 2.24) is 0 Å². The van der Waals surface area contributed by atoms with Crippen LogP contribution in [0.2, 0.25) is 0 Å². The van der Waals surface area contributed by atoms with Gasteiger partial charge in [-0.05, 0) is 25.1 Å². The largest absolute Gasteiger partial charge is 0.211 e. The van der Waals surface area contributed by atoms with E-state index in [1.165, 1.54) is 6.92 Å². The van der Waals surface area contributed by atoms with Crippen molar-refractivity contribution in [2.24, 2.45) is 0 Å². The van der Waals surface area contributed by atoms with E-state index in [9.17, 15) is 4.39 Å². The van der Waals surface area contributed by atoms with Gasteiger partial charge in [0.1, 0.15) is 5.83 Å². The van der Waals surface area contributed by atoms with Gasteiger partial charge in [0, 0.05) is 9.69 Å². The first kappa shape index (κ1) is 13.4. The lowest BCUT2D eigenvalue weighted by Gasteiger charge is -1.94. The average Bonchev–Trinajstić information content (AvgIpc) is 2.19. The summed E-state index contributed by atoms with van der Waals surface area (Å²) in [7, 11) is 0. The fraction of sp³-hybridized carbons (Fsp3) is 0.333. The molecule has 0 heterocycles. The standard InChI is InChI=1S/C10H10BrF.C2H6/c1-3-8-5-4-6-9(11)10(8)7(2)12;1-2/h3-6H,1-2H3;1-2H3/b8-3-,10-7-;. The molecule has 0 aliphatic heterocycles. The van der Waals surface area contributed by atoms with E-state index >= 15 is 0 Å². The summed E-state index contributed by atoms with van der Waals surface area (Å²) in [5.74, 6) is -0.157. The van der Waals surface area contributed by atoms with Gasteiger partial charge in [-0.1, -0.05) is 48.0 Å². The molecule has 0 fully saturated rings. The molecule has 0 atom stereocenters. The summed E-state index contributed by atoms with van der Waals surface area (Å²) in [5.41, 5.74) is 0. The van der Waals surface area contributed by atoms with Gasteiger partial charge in [-0.25, -0.2) is 4.39 Å². The maximum Gasteiger partial charge on any atom is 0.106 e. The maximum atomic E-state index is 13.0. The van der Waals surface area contributed by atoms with Gasteiger partial charge in [-0.3, -0.25) is 0 Å². The third kappa shape index (κ3) is 3.26. The molecule has 0 saturated carbocycles. The minimum absolute atomic E-state index is 0.157. The van der Waals surface area contributed by atoms with E-state index in [1.807, 2.05) is 45.0 Å². The molecule has 0 bridgehead atoms. The van der Waals surface area contributed by atoms with E-state index in [0.717, 1.165) is 9.69 Å². The van der Waals surface area contributed by atoms with E-state index in [1.54, 1.807) is 0 Å². The Hall–Kier alpha value is -0.630. The van der Waals surface area contributed by atoms with Crippen LogP contribution < -0.4 is 10.4 Å². The maximum absolute atomic E-state index is 13.0. The third-order valence-corrected chi connectivity index (χ3v) is 2.36. The van der Waals surface area contributed by atoms with Gasteiger partial charge < -0.3 is 0 Å². The Labute approximate surface area is 93.3 Å². The van der Waals surface area contributed by atoms with Gasteiger partial charge in [-0.2, -0.15) is 0 Å². The van der Waals surface area contributed by atoms with Gasteiger partial charge in [-0.15, -0.1) is 0 Å². The smallest absolute Gasteiger partial charge is 0.106 e.